The van der Waals surface area contributed by atoms with Crippen molar-refractivity contribution in [2.75, 3.05) is 32.1 Å². The first kappa shape index (κ1) is 15.6. The quantitative estimate of drug-likeness (QED) is 0.925. The molecule has 124 valence electrons. The molecular weight excluding hydrogens is 294 g/mol. The molecule has 6 nitrogen and oxygen atoms in total. The van der Waals surface area contributed by atoms with Crippen LogP contribution in [0, 0.1) is 0 Å². The highest BCUT2D eigenvalue weighted by Gasteiger charge is 2.39. The monoisotopic (exact) mass is 317 g/mol. The van der Waals surface area contributed by atoms with Crippen molar-refractivity contribution in [1.82, 2.24) is 9.80 Å². The first-order chi connectivity index (χ1) is 11.2. The summed E-state index contributed by atoms with van der Waals surface area (Å²) in [4.78, 5) is 27.9. The van der Waals surface area contributed by atoms with E-state index in [0.717, 1.165) is 31.5 Å². The van der Waals surface area contributed by atoms with Gasteiger partial charge in [-0.1, -0.05) is 18.2 Å². The minimum absolute atomic E-state index is 0.0465. The first-order valence-electron chi connectivity index (χ1n) is 8.14. The number of para-hydroxylation sites is 1. The van der Waals surface area contributed by atoms with E-state index in [-0.39, 0.29) is 18.0 Å². The molecule has 0 saturated carbocycles. The number of rotatable bonds is 3. The number of amides is 2. The van der Waals surface area contributed by atoms with E-state index < -0.39 is 6.09 Å². The molecule has 0 radical (unpaired) electrons. The lowest BCUT2D eigenvalue weighted by atomic mass is 10.2. The normalized spacial score (nSPS) is 23.9. The van der Waals surface area contributed by atoms with Crippen LogP contribution in [-0.2, 0) is 9.53 Å². The molecule has 2 heterocycles. The van der Waals surface area contributed by atoms with Crippen LogP contribution >= 0.6 is 0 Å². The Bertz CT molecular complexity index is 563. The molecule has 6 heteroatoms. The Morgan fingerprint density at radius 1 is 1.17 bits per heavy atom. The molecule has 1 aromatic carbocycles. The van der Waals surface area contributed by atoms with E-state index in [4.69, 9.17) is 4.74 Å². The van der Waals surface area contributed by atoms with Crippen LogP contribution in [0.2, 0.25) is 0 Å². The average molecular weight is 317 g/mol. The second-order valence-electron chi connectivity index (χ2n) is 6.10. The van der Waals surface area contributed by atoms with Crippen LogP contribution in [0.15, 0.2) is 30.3 Å². The number of carbonyl (C=O) groups is 2. The second kappa shape index (κ2) is 6.89. The van der Waals surface area contributed by atoms with E-state index in [0.29, 0.717) is 13.1 Å². The highest BCUT2D eigenvalue weighted by atomic mass is 16.5. The first-order valence-corrected chi connectivity index (χ1v) is 8.14. The fraction of sp³-hybridized carbons (Fsp3) is 0.529. The zero-order chi connectivity index (χ0) is 16.2. The average Bonchev–Trinajstić information content (AvgIpc) is 3.24. The third-order valence-corrected chi connectivity index (χ3v) is 4.59. The molecule has 2 atom stereocenters. The summed E-state index contributed by atoms with van der Waals surface area (Å²) in [7, 11) is 1.36. The molecule has 2 aliphatic rings. The highest BCUT2D eigenvalue weighted by molar-refractivity contribution is 5.86. The van der Waals surface area contributed by atoms with Gasteiger partial charge in [-0.15, -0.1) is 0 Å². The van der Waals surface area contributed by atoms with Crippen molar-refractivity contribution in [2.24, 2.45) is 0 Å². The predicted octanol–water partition coefficient (Wildman–Crippen LogP) is 1.93. The zero-order valence-corrected chi connectivity index (χ0v) is 13.4. The van der Waals surface area contributed by atoms with Crippen molar-refractivity contribution in [2.45, 2.75) is 31.3 Å². The van der Waals surface area contributed by atoms with Gasteiger partial charge in [0.15, 0.2) is 0 Å². The summed E-state index contributed by atoms with van der Waals surface area (Å²) in [6, 6.07) is 9.92. The third kappa shape index (κ3) is 3.41. The molecule has 2 fully saturated rings. The Morgan fingerprint density at radius 2 is 1.96 bits per heavy atom. The summed E-state index contributed by atoms with van der Waals surface area (Å²) in [6.07, 6.45) is 2.09. The molecule has 1 aromatic rings. The van der Waals surface area contributed by atoms with Crippen molar-refractivity contribution < 1.29 is 14.3 Å². The minimum Gasteiger partial charge on any atom is -0.453 e. The topological polar surface area (TPSA) is 61.9 Å². The lowest BCUT2D eigenvalue weighted by Gasteiger charge is -2.27. The molecule has 2 amide bonds. The number of anilines is 1. The Hall–Kier alpha value is -2.24. The van der Waals surface area contributed by atoms with Crippen molar-refractivity contribution >= 4 is 17.7 Å². The van der Waals surface area contributed by atoms with E-state index in [1.54, 1.807) is 4.90 Å². The fourth-order valence-electron chi connectivity index (χ4n) is 3.42. The molecule has 2 aliphatic heterocycles. The lowest BCUT2D eigenvalue weighted by Crippen LogP contribution is -2.47. The maximum Gasteiger partial charge on any atom is 0.410 e. The Balaban J connectivity index is 1.58. The number of ether oxygens (including phenoxy) is 1. The lowest BCUT2D eigenvalue weighted by molar-refractivity contribution is -0.134. The number of hydrogen-bond acceptors (Lipinski definition) is 4. The predicted molar refractivity (Wildman–Crippen MR) is 87.2 cm³/mol. The summed E-state index contributed by atoms with van der Waals surface area (Å²) in [5, 5.41) is 3.46. The number of nitrogens with one attached hydrogen (secondary N) is 1. The molecule has 23 heavy (non-hydrogen) atoms. The van der Waals surface area contributed by atoms with Gasteiger partial charge in [-0.2, -0.15) is 0 Å². The largest absolute Gasteiger partial charge is 0.453 e. The Labute approximate surface area is 136 Å². The van der Waals surface area contributed by atoms with Gasteiger partial charge in [-0.3, -0.25) is 9.69 Å². The smallest absolute Gasteiger partial charge is 0.410 e. The van der Waals surface area contributed by atoms with Crippen LogP contribution in [0.25, 0.3) is 0 Å². The van der Waals surface area contributed by atoms with Gasteiger partial charge >= 0.3 is 6.09 Å². The molecule has 0 aromatic heterocycles. The molecule has 0 aliphatic carbocycles. The van der Waals surface area contributed by atoms with Crippen LogP contribution in [0.4, 0.5) is 10.5 Å². The maximum absolute atomic E-state index is 12.7. The van der Waals surface area contributed by atoms with Gasteiger partial charge < -0.3 is 15.0 Å². The van der Waals surface area contributed by atoms with Gasteiger partial charge in [-0.05, 0) is 31.4 Å². The van der Waals surface area contributed by atoms with Gasteiger partial charge in [0, 0.05) is 31.4 Å². The molecule has 0 unspecified atom stereocenters. The zero-order valence-electron chi connectivity index (χ0n) is 13.4. The van der Waals surface area contributed by atoms with Crippen LogP contribution in [-0.4, -0.2) is 60.6 Å². The summed E-state index contributed by atoms with van der Waals surface area (Å²) in [5.41, 5.74) is 1.07. The van der Waals surface area contributed by atoms with Crippen molar-refractivity contribution in [3.63, 3.8) is 0 Å². The van der Waals surface area contributed by atoms with Crippen LogP contribution in [0.5, 0.6) is 0 Å². The van der Waals surface area contributed by atoms with Crippen LogP contribution in [0.3, 0.4) is 0 Å². The SMILES string of the molecule is COC(=O)N1CCC[C@H]1C(=O)N1CC[C@@H](Nc2ccccc2)C1. The minimum atomic E-state index is -0.404. The standard InChI is InChI=1S/C17H23N3O3/c1-23-17(22)20-10-5-8-15(20)16(21)19-11-9-14(12-19)18-13-6-3-2-4-7-13/h2-4,6-7,14-15,18H,5,8-12H2,1H3/t14-,15+/m1/s1. The number of hydrogen-bond donors (Lipinski definition) is 1. The van der Waals surface area contributed by atoms with Gasteiger partial charge in [-0.25, -0.2) is 4.79 Å². The summed E-state index contributed by atoms with van der Waals surface area (Å²) >= 11 is 0. The third-order valence-electron chi connectivity index (χ3n) is 4.59. The number of methoxy groups -OCH3 is 1. The van der Waals surface area contributed by atoms with E-state index in [2.05, 4.69) is 5.32 Å². The number of benzene rings is 1. The van der Waals surface area contributed by atoms with Gasteiger partial charge in [0.2, 0.25) is 5.91 Å². The van der Waals surface area contributed by atoms with Crippen LogP contribution < -0.4 is 5.32 Å². The van der Waals surface area contributed by atoms with E-state index in [9.17, 15) is 9.59 Å². The molecule has 2 saturated heterocycles. The molecule has 1 N–H and O–H groups in total. The summed E-state index contributed by atoms with van der Waals surface area (Å²) < 4.78 is 4.78. The molecule has 0 bridgehead atoms. The molecular formula is C17H23N3O3. The Kier molecular flexibility index (Phi) is 4.69. The van der Waals surface area contributed by atoms with E-state index >= 15 is 0 Å². The highest BCUT2D eigenvalue weighted by Crippen LogP contribution is 2.23. The fourth-order valence-corrected chi connectivity index (χ4v) is 3.42. The molecule has 0 spiro atoms. The van der Waals surface area contributed by atoms with Crippen LogP contribution in [0.1, 0.15) is 19.3 Å². The number of carbonyl (C=O) groups excluding carboxylic acids is 2. The molecule has 3 rings (SSSR count). The van der Waals surface area contributed by atoms with E-state index in [1.165, 1.54) is 7.11 Å². The van der Waals surface area contributed by atoms with Gasteiger partial charge in [0.25, 0.3) is 0 Å². The van der Waals surface area contributed by atoms with Gasteiger partial charge in [0.1, 0.15) is 6.04 Å². The summed E-state index contributed by atoms with van der Waals surface area (Å²) in [6.45, 7) is 2.01. The van der Waals surface area contributed by atoms with Crippen molar-refractivity contribution in [1.29, 1.82) is 0 Å². The maximum atomic E-state index is 12.7. The van der Waals surface area contributed by atoms with E-state index in [1.807, 2.05) is 35.2 Å². The van der Waals surface area contributed by atoms with Gasteiger partial charge in [0.05, 0.1) is 7.11 Å². The van der Waals surface area contributed by atoms with Crippen molar-refractivity contribution in [3.8, 4) is 0 Å². The number of likely N-dealkylation sites (tertiary alicyclic amines) is 2. The second-order valence-corrected chi connectivity index (χ2v) is 6.10. The number of nitrogens with zero attached hydrogens (tertiary/aromatic N) is 2. The summed E-state index contributed by atoms with van der Waals surface area (Å²) in [5.74, 6) is 0.0465. The van der Waals surface area contributed by atoms with Crippen molar-refractivity contribution in [3.05, 3.63) is 30.3 Å². The Morgan fingerprint density at radius 3 is 2.70 bits per heavy atom.